The lowest BCUT2D eigenvalue weighted by atomic mass is 9.95. The fraction of sp³-hybridized carbons (Fsp3) is 0.474. The minimum absolute atomic E-state index is 0.679. The SMILES string of the molecule is CC.CCC(C)c1ccc(CC2=CCCC=C2)cc1. The molecule has 104 valence electrons. The van der Waals surface area contributed by atoms with Gasteiger partial charge in [0.2, 0.25) is 0 Å². The lowest BCUT2D eigenvalue weighted by Crippen LogP contribution is -1.94. The first-order chi connectivity index (χ1) is 9.29. The number of allylic oxidation sites excluding steroid dienone is 4. The molecule has 1 aromatic carbocycles. The van der Waals surface area contributed by atoms with Crippen molar-refractivity contribution < 1.29 is 0 Å². The van der Waals surface area contributed by atoms with Crippen molar-refractivity contribution in [3.8, 4) is 0 Å². The van der Waals surface area contributed by atoms with Gasteiger partial charge in [0.25, 0.3) is 0 Å². The summed E-state index contributed by atoms with van der Waals surface area (Å²) in [5, 5.41) is 0. The van der Waals surface area contributed by atoms with Crippen molar-refractivity contribution in [2.45, 2.75) is 59.3 Å². The van der Waals surface area contributed by atoms with Crippen molar-refractivity contribution >= 4 is 0 Å². The quantitative estimate of drug-likeness (QED) is 0.615. The van der Waals surface area contributed by atoms with E-state index in [0.29, 0.717) is 5.92 Å². The molecule has 0 N–H and O–H groups in total. The summed E-state index contributed by atoms with van der Waals surface area (Å²) < 4.78 is 0. The van der Waals surface area contributed by atoms with Crippen LogP contribution in [0, 0.1) is 0 Å². The van der Waals surface area contributed by atoms with Crippen molar-refractivity contribution in [1.82, 2.24) is 0 Å². The van der Waals surface area contributed by atoms with E-state index >= 15 is 0 Å². The molecule has 0 saturated carbocycles. The van der Waals surface area contributed by atoms with Gasteiger partial charge in [-0.3, -0.25) is 0 Å². The molecule has 19 heavy (non-hydrogen) atoms. The molecule has 0 heteroatoms. The van der Waals surface area contributed by atoms with Crippen LogP contribution in [0.4, 0.5) is 0 Å². The molecule has 0 saturated heterocycles. The standard InChI is InChI=1S/C17H22.C2H6/c1-3-14(2)17-11-9-16(10-12-17)13-15-7-5-4-6-8-15;1-2/h5,7-12,14H,3-4,6,13H2,1-2H3;1-2H3. The van der Waals surface area contributed by atoms with E-state index in [1.165, 1.54) is 36.0 Å². The van der Waals surface area contributed by atoms with Crippen molar-refractivity contribution in [3.05, 3.63) is 59.2 Å². The lowest BCUT2D eigenvalue weighted by Gasteiger charge is -2.11. The molecule has 0 bridgehead atoms. The zero-order valence-corrected chi connectivity index (χ0v) is 12.9. The summed E-state index contributed by atoms with van der Waals surface area (Å²) in [6.07, 6.45) is 11.6. The Balaban J connectivity index is 0.000000861. The molecule has 0 aliphatic heterocycles. The molecule has 0 heterocycles. The molecule has 1 aliphatic rings. The third-order valence-corrected chi connectivity index (χ3v) is 3.64. The average Bonchev–Trinajstić information content (AvgIpc) is 2.50. The van der Waals surface area contributed by atoms with E-state index in [0.717, 1.165) is 6.42 Å². The van der Waals surface area contributed by atoms with Gasteiger partial charge in [-0.15, -0.1) is 0 Å². The highest BCUT2D eigenvalue weighted by Gasteiger charge is 2.03. The predicted molar refractivity (Wildman–Crippen MR) is 86.7 cm³/mol. The van der Waals surface area contributed by atoms with Crippen LogP contribution in [0.3, 0.4) is 0 Å². The van der Waals surface area contributed by atoms with Crippen LogP contribution in [0.5, 0.6) is 0 Å². The predicted octanol–water partition coefficient (Wildman–Crippen LogP) is 6.05. The molecule has 0 aromatic heterocycles. The summed E-state index contributed by atoms with van der Waals surface area (Å²) in [6, 6.07) is 9.14. The smallest absolute Gasteiger partial charge is 0.00290 e. The van der Waals surface area contributed by atoms with Gasteiger partial charge in [0.05, 0.1) is 0 Å². The largest absolute Gasteiger partial charge is 0.0840 e. The van der Waals surface area contributed by atoms with Gasteiger partial charge >= 0.3 is 0 Å². The number of hydrogen-bond donors (Lipinski definition) is 0. The summed E-state index contributed by atoms with van der Waals surface area (Å²) in [7, 11) is 0. The van der Waals surface area contributed by atoms with Crippen molar-refractivity contribution in [2.24, 2.45) is 0 Å². The first kappa shape index (κ1) is 15.8. The highest BCUT2D eigenvalue weighted by atomic mass is 14.1. The number of hydrogen-bond acceptors (Lipinski definition) is 0. The Morgan fingerprint density at radius 3 is 2.26 bits per heavy atom. The third kappa shape index (κ3) is 5.06. The van der Waals surface area contributed by atoms with E-state index in [9.17, 15) is 0 Å². The van der Waals surface area contributed by atoms with Crippen LogP contribution < -0.4 is 0 Å². The summed E-state index contributed by atoms with van der Waals surface area (Å²) in [4.78, 5) is 0. The Kier molecular flexibility index (Phi) is 7.25. The highest BCUT2D eigenvalue weighted by molar-refractivity contribution is 5.32. The monoisotopic (exact) mass is 256 g/mol. The summed E-state index contributed by atoms with van der Waals surface area (Å²) in [5.41, 5.74) is 4.35. The molecule has 0 nitrogen and oxygen atoms in total. The zero-order valence-electron chi connectivity index (χ0n) is 12.9. The molecule has 1 aliphatic carbocycles. The van der Waals surface area contributed by atoms with Gasteiger partial charge in [0.15, 0.2) is 0 Å². The van der Waals surface area contributed by atoms with Gasteiger partial charge in [-0.1, -0.05) is 70.2 Å². The Labute approximate surface area is 119 Å². The van der Waals surface area contributed by atoms with E-state index in [1.807, 2.05) is 13.8 Å². The molecular formula is C19H28. The molecule has 0 spiro atoms. The normalized spacial score (nSPS) is 15.3. The molecule has 1 aromatic rings. The fourth-order valence-corrected chi connectivity index (χ4v) is 2.23. The fourth-order valence-electron chi connectivity index (χ4n) is 2.23. The van der Waals surface area contributed by atoms with Gasteiger partial charge in [-0.05, 0) is 48.3 Å². The lowest BCUT2D eigenvalue weighted by molar-refractivity contribution is 0.733. The van der Waals surface area contributed by atoms with Crippen molar-refractivity contribution in [2.75, 3.05) is 0 Å². The van der Waals surface area contributed by atoms with Crippen LogP contribution in [0.2, 0.25) is 0 Å². The second kappa shape index (κ2) is 8.74. The van der Waals surface area contributed by atoms with Crippen LogP contribution in [0.1, 0.15) is 64.0 Å². The Bertz CT molecular complexity index is 406. The molecule has 2 rings (SSSR count). The van der Waals surface area contributed by atoms with Crippen LogP contribution >= 0.6 is 0 Å². The van der Waals surface area contributed by atoms with Crippen LogP contribution in [0.15, 0.2) is 48.1 Å². The minimum Gasteiger partial charge on any atom is -0.0840 e. The van der Waals surface area contributed by atoms with Gasteiger partial charge in [0.1, 0.15) is 0 Å². The number of rotatable bonds is 4. The van der Waals surface area contributed by atoms with Crippen LogP contribution in [-0.2, 0) is 6.42 Å². The van der Waals surface area contributed by atoms with Gasteiger partial charge in [-0.25, -0.2) is 0 Å². The van der Waals surface area contributed by atoms with E-state index in [2.05, 4.69) is 56.3 Å². The highest BCUT2D eigenvalue weighted by Crippen LogP contribution is 2.21. The van der Waals surface area contributed by atoms with Gasteiger partial charge < -0.3 is 0 Å². The molecule has 0 amide bonds. The molecule has 0 fully saturated rings. The Morgan fingerprint density at radius 2 is 1.74 bits per heavy atom. The first-order valence-corrected chi connectivity index (χ1v) is 7.74. The molecule has 0 radical (unpaired) electrons. The second-order valence-electron chi connectivity index (χ2n) is 4.99. The van der Waals surface area contributed by atoms with Crippen molar-refractivity contribution in [3.63, 3.8) is 0 Å². The second-order valence-corrected chi connectivity index (χ2v) is 4.99. The zero-order chi connectivity index (χ0) is 14.1. The average molecular weight is 256 g/mol. The van der Waals surface area contributed by atoms with E-state index in [4.69, 9.17) is 0 Å². The van der Waals surface area contributed by atoms with Gasteiger partial charge in [-0.2, -0.15) is 0 Å². The van der Waals surface area contributed by atoms with Gasteiger partial charge in [0, 0.05) is 0 Å². The molecule has 1 unspecified atom stereocenters. The topological polar surface area (TPSA) is 0 Å². The maximum atomic E-state index is 2.36. The summed E-state index contributed by atoms with van der Waals surface area (Å²) in [6.45, 7) is 8.54. The number of benzene rings is 1. The molecule has 1 atom stereocenters. The van der Waals surface area contributed by atoms with E-state index in [-0.39, 0.29) is 0 Å². The maximum Gasteiger partial charge on any atom is -0.00290 e. The Morgan fingerprint density at radius 1 is 1.05 bits per heavy atom. The molecular weight excluding hydrogens is 228 g/mol. The summed E-state index contributed by atoms with van der Waals surface area (Å²) >= 11 is 0. The van der Waals surface area contributed by atoms with E-state index < -0.39 is 0 Å². The van der Waals surface area contributed by atoms with E-state index in [1.54, 1.807) is 0 Å². The maximum absolute atomic E-state index is 2.36. The Hall–Kier alpha value is -1.30. The van der Waals surface area contributed by atoms with Crippen LogP contribution in [0.25, 0.3) is 0 Å². The van der Waals surface area contributed by atoms with Crippen molar-refractivity contribution in [1.29, 1.82) is 0 Å². The van der Waals surface area contributed by atoms with Crippen LogP contribution in [-0.4, -0.2) is 0 Å². The minimum atomic E-state index is 0.679. The first-order valence-electron chi connectivity index (χ1n) is 7.74. The third-order valence-electron chi connectivity index (χ3n) is 3.64. The summed E-state index contributed by atoms with van der Waals surface area (Å²) in [5.74, 6) is 0.679.